The average molecular weight is 359 g/mol. The van der Waals surface area contributed by atoms with Crippen LogP contribution in [0.1, 0.15) is 20.8 Å². The third kappa shape index (κ3) is 4.25. The van der Waals surface area contributed by atoms with Crippen molar-refractivity contribution in [2.24, 2.45) is 11.3 Å². The van der Waals surface area contributed by atoms with Crippen LogP contribution in [0.4, 0.5) is 11.4 Å². The van der Waals surface area contributed by atoms with Gasteiger partial charge < -0.3 is 10.4 Å². The summed E-state index contributed by atoms with van der Waals surface area (Å²) in [6, 6.07) is 4.04. The number of nitrogens with zero attached hydrogens (tertiary/aromatic N) is 1. The van der Waals surface area contributed by atoms with Crippen molar-refractivity contribution in [3.05, 3.63) is 32.8 Å². The number of carbonyl (C=O) groups excluding carboxylic acids is 1. The number of rotatable bonds is 4. The zero-order valence-corrected chi connectivity index (χ0v) is 13.3. The summed E-state index contributed by atoms with van der Waals surface area (Å²) in [5, 5.41) is 22.4. The quantitative estimate of drug-likeness (QED) is 0.488. The first-order valence-electron chi connectivity index (χ1n) is 6.01. The highest BCUT2D eigenvalue weighted by atomic mass is 79.9. The highest BCUT2D eigenvalue weighted by Gasteiger charge is 2.37. The molecule has 1 aromatic rings. The van der Waals surface area contributed by atoms with Crippen LogP contribution in [0.5, 0.6) is 0 Å². The van der Waals surface area contributed by atoms with E-state index in [1.165, 1.54) is 18.2 Å². The minimum Gasteiger partial charge on any atom is -0.481 e. The van der Waals surface area contributed by atoms with Gasteiger partial charge >= 0.3 is 5.97 Å². The van der Waals surface area contributed by atoms with E-state index < -0.39 is 28.1 Å². The molecular formula is C13H15BrN2O5. The van der Waals surface area contributed by atoms with Gasteiger partial charge in [0.25, 0.3) is 5.69 Å². The maximum atomic E-state index is 12.1. The number of anilines is 1. The van der Waals surface area contributed by atoms with Gasteiger partial charge in [0, 0.05) is 11.8 Å². The Morgan fingerprint density at radius 2 is 1.95 bits per heavy atom. The standard InChI is InChI=1S/C13H15BrN2O5/c1-13(2,3)10(12(18)19)11(17)15-7-4-5-8(14)9(6-7)16(20)21/h4-6,10H,1-3H3,(H,15,17)(H,18,19). The average Bonchev–Trinajstić information content (AvgIpc) is 2.28. The lowest BCUT2D eigenvalue weighted by Gasteiger charge is -2.25. The summed E-state index contributed by atoms with van der Waals surface area (Å²) in [7, 11) is 0. The second kappa shape index (κ2) is 6.21. The van der Waals surface area contributed by atoms with Crippen molar-refractivity contribution in [2.75, 3.05) is 5.32 Å². The summed E-state index contributed by atoms with van der Waals surface area (Å²) in [5.74, 6) is -3.22. The molecule has 1 atom stereocenters. The lowest BCUT2D eigenvalue weighted by Crippen LogP contribution is -2.39. The summed E-state index contributed by atoms with van der Waals surface area (Å²) < 4.78 is 0.274. The first-order chi connectivity index (χ1) is 9.54. The summed E-state index contributed by atoms with van der Waals surface area (Å²) in [6.45, 7) is 4.90. The molecule has 0 fully saturated rings. The monoisotopic (exact) mass is 358 g/mol. The maximum absolute atomic E-state index is 12.1. The van der Waals surface area contributed by atoms with Crippen molar-refractivity contribution in [3.8, 4) is 0 Å². The largest absolute Gasteiger partial charge is 0.481 e. The fourth-order valence-electron chi connectivity index (χ4n) is 1.82. The maximum Gasteiger partial charge on any atom is 0.316 e. The van der Waals surface area contributed by atoms with E-state index >= 15 is 0 Å². The van der Waals surface area contributed by atoms with Crippen molar-refractivity contribution in [1.29, 1.82) is 0 Å². The number of nitro groups is 1. The Morgan fingerprint density at radius 1 is 1.38 bits per heavy atom. The number of carboxylic acid groups (broad SMARTS) is 1. The minimum atomic E-state index is -1.26. The molecule has 0 spiro atoms. The Bertz CT molecular complexity index is 595. The van der Waals surface area contributed by atoms with E-state index in [-0.39, 0.29) is 15.8 Å². The first kappa shape index (κ1) is 17.1. The molecule has 0 aromatic heterocycles. The normalized spacial score (nSPS) is 12.6. The van der Waals surface area contributed by atoms with Gasteiger partial charge in [0.15, 0.2) is 0 Å². The zero-order chi connectivity index (χ0) is 16.4. The highest BCUT2D eigenvalue weighted by Crippen LogP contribution is 2.30. The third-order valence-electron chi connectivity index (χ3n) is 2.79. The molecule has 1 unspecified atom stereocenters. The van der Waals surface area contributed by atoms with E-state index in [0.717, 1.165) is 0 Å². The molecule has 21 heavy (non-hydrogen) atoms. The number of hydrogen-bond donors (Lipinski definition) is 2. The van der Waals surface area contributed by atoms with Gasteiger partial charge in [-0.15, -0.1) is 0 Å². The van der Waals surface area contributed by atoms with Gasteiger partial charge in [0.2, 0.25) is 5.91 Å². The molecule has 2 N–H and O–H groups in total. The number of halogens is 1. The Labute approximate surface area is 129 Å². The summed E-state index contributed by atoms with van der Waals surface area (Å²) >= 11 is 3.03. The van der Waals surface area contributed by atoms with E-state index in [1.807, 2.05) is 0 Å². The lowest BCUT2D eigenvalue weighted by molar-refractivity contribution is -0.385. The number of nitrogens with one attached hydrogen (secondary N) is 1. The summed E-state index contributed by atoms with van der Waals surface area (Å²) in [5.41, 5.74) is -0.821. The van der Waals surface area contributed by atoms with Crippen LogP contribution < -0.4 is 5.32 Å². The molecule has 0 aliphatic rings. The van der Waals surface area contributed by atoms with Gasteiger partial charge in [0.05, 0.1) is 9.40 Å². The van der Waals surface area contributed by atoms with Crippen LogP contribution in [0.3, 0.4) is 0 Å². The number of amides is 1. The molecule has 0 bridgehead atoms. The minimum absolute atomic E-state index is 0.172. The van der Waals surface area contributed by atoms with Gasteiger partial charge in [-0.05, 0) is 33.5 Å². The van der Waals surface area contributed by atoms with E-state index in [0.29, 0.717) is 0 Å². The molecule has 7 nitrogen and oxygen atoms in total. The van der Waals surface area contributed by atoms with Crippen molar-refractivity contribution in [1.82, 2.24) is 0 Å². The van der Waals surface area contributed by atoms with E-state index in [1.54, 1.807) is 20.8 Å². The van der Waals surface area contributed by atoms with Gasteiger partial charge in [-0.25, -0.2) is 0 Å². The number of carbonyl (C=O) groups is 2. The SMILES string of the molecule is CC(C)(C)C(C(=O)O)C(=O)Nc1ccc(Br)c([N+](=O)[O-])c1. The second-order valence-corrected chi connectivity index (χ2v) is 6.40. The molecule has 1 amide bonds. The molecule has 0 aliphatic heterocycles. The number of carboxylic acids is 1. The molecule has 1 aromatic carbocycles. The molecule has 0 aliphatic carbocycles. The summed E-state index contributed by atoms with van der Waals surface area (Å²) in [6.07, 6.45) is 0. The second-order valence-electron chi connectivity index (χ2n) is 5.55. The number of nitro benzene ring substituents is 1. The van der Waals surface area contributed by atoms with Gasteiger partial charge in [-0.3, -0.25) is 19.7 Å². The van der Waals surface area contributed by atoms with Crippen LogP contribution in [0.25, 0.3) is 0 Å². The van der Waals surface area contributed by atoms with Crippen molar-refractivity contribution in [2.45, 2.75) is 20.8 Å². The molecular weight excluding hydrogens is 344 g/mol. The van der Waals surface area contributed by atoms with Crippen molar-refractivity contribution < 1.29 is 19.6 Å². The molecule has 0 saturated heterocycles. The smallest absolute Gasteiger partial charge is 0.316 e. The van der Waals surface area contributed by atoms with E-state index in [2.05, 4.69) is 21.2 Å². The number of benzene rings is 1. The topological polar surface area (TPSA) is 110 Å². The van der Waals surface area contributed by atoms with Crippen LogP contribution in [0, 0.1) is 21.4 Å². The highest BCUT2D eigenvalue weighted by molar-refractivity contribution is 9.10. The molecule has 0 heterocycles. The predicted molar refractivity (Wildman–Crippen MR) is 80.0 cm³/mol. The fraction of sp³-hybridized carbons (Fsp3) is 0.385. The van der Waals surface area contributed by atoms with Crippen LogP contribution in [0.2, 0.25) is 0 Å². The molecule has 0 saturated carbocycles. The Morgan fingerprint density at radius 3 is 2.38 bits per heavy atom. The van der Waals surface area contributed by atoms with Gasteiger partial charge in [0.1, 0.15) is 5.92 Å². The number of hydrogen-bond acceptors (Lipinski definition) is 4. The van der Waals surface area contributed by atoms with Gasteiger partial charge in [-0.1, -0.05) is 20.8 Å². The Kier molecular flexibility index (Phi) is 5.06. The lowest BCUT2D eigenvalue weighted by atomic mass is 9.80. The van der Waals surface area contributed by atoms with E-state index in [9.17, 15) is 19.7 Å². The van der Waals surface area contributed by atoms with Crippen LogP contribution >= 0.6 is 15.9 Å². The number of aliphatic carboxylic acids is 1. The molecule has 1 rings (SSSR count). The zero-order valence-electron chi connectivity index (χ0n) is 11.7. The van der Waals surface area contributed by atoms with Crippen LogP contribution in [-0.4, -0.2) is 21.9 Å². The van der Waals surface area contributed by atoms with E-state index in [4.69, 9.17) is 5.11 Å². The Balaban J connectivity index is 3.05. The van der Waals surface area contributed by atoms with Crippen LogP contribution in [0.15, 0.2) is 22.7 Å². The molecule has 0 radical (unpaired) electrons. The predicted octanol–water partition coefficient (Wildman–Crippen LogP) is 3.04. The fourth-order valence-corrected chi connectivity index (χ4v) is 2.21. The van der Waals surface area contributed by atoms with Crippen molar-refractivity contribution in [3.63, 3.8) is 0 Å². The Hall–Kier alpha value is -1.96. The van der Waals surface area contributed by atoms with Gasteiger partial charge in [-0.2, -0.15) is 0 Å². The first-order valence-corrected chi connectivity index (χ1v) is 6.81. The molecule has 8 heteroatoms. The van der Waals surface area contributed by atoms with Crippen LogP contribution in [-0.2, 0) is 9.59 Å². The summed E-state index contributed by atoms with van der Waals surface area (Å²) in [4.78, 5) is 33.6. The third-order valence-corrected chi connectivity index (χ3v) is 3.46. The molecule has 114 valence electrons. The van der Waals surface area contributed by atoms with Crippen molar-refractivity contribution >= 4 is 39.2 Å².